The van der Waals surface area contributed by atoms with E-state index in [1.807, 2.05) is 6.92 Å². The first-order valence-corrected chi connectivity index (χ1v) is 4.88. The zero-order valence-electron chi connectivity index (χ0n) is 7.46. The van der Waals surface area contributed by atoms with Crippen molar-refractivity contribution in [3.05, 3.63) is 0 Å². The molecule has 0 radical (unpaired) electrons. The summed E-state index contributed by atoms with van der Waals surface area (Å²) in [6.07, 6.45) is 4.14. The van der Waals surface area contributed by atoms with Crippen LogP contribution in [0.5, 0.6) is 0 Å². The molecule has 5 atom stereocenters. The van der Waals surface area contributed by atoms with Crippen LogP contribution in [0, 0.1) is 23.7 Å². The van der Waals surface area contributed by atoms with Gasteiger partial charge in [0.1, 0.15) is 0 Å². The molecular formula is C10H18O. The Balaban J connectivity index is 2.11. The fraction of sp³-hybridized carbons (Fsp3) is 1.00. The molecule has 1 nitrogen and oxygen atoms in total. The fourth-order valence-electron chi connectivity index (χ4n) is 3.46. The van der Waals surface area contributed by atoms with Gasteiger partial charge in [-0.3, -0.25) is 0 Å². The van der Waals surface area contributed by atoms with E-state index in [1.165, 1.54) is 19.3 Å². The predicted octanol–water partition coefficient (Wildman–Crippen LogP) is 2.05. The average molecular weight is 154 g/mol. The Bertz CT molecular complexity index is 151. The number of rotatable bonds is 1. The Kier molecular flexibility index (Phi) is 1.71. The van der Waals surface area contributed by atoms with Crippen LogP contribution in [0.3, 0.4) is 0 Å². The lowest BCUT2D eigenvalue weighted by atomic mass is 9.78. The summed E-state index contributed by atoms with van der Waals surface area (Å²) in [5.41, 5.74) is 0. The molecule has 1 heteroatoms. The monoisotopic (exact) mass is 154 g/mol. The molecule has 0 spiro atoms. The van der Waals surface area contributed by atoms with Crippen molar-refractivity contribution in [3.63, 3.8) is 0 Å². The van der Waals surface area contributed by atoms with Gasteiger partial charge in [0.15, 0.2) is 0 Å². The Hall–Kier alpha value is -0.0400. The number of aliphatic hydroxyl groups is 1. The SMILES string of the molecule is CC(O)[C@H]1[C@@H]2CC[C@@H](C2)[C@H]1C. The molecule has 2 aliphatic carbocycles. The fourth-order valence-corrected chi connectivity index (χ4v) is 3.46. The molecule has 2 bridgehead atoms. The molecule has 64 valence electrons. The van der Waals surface area contributed by atoms with Crippen LogP contribution in [0.2, 0.25) is 0 Å². The van der Waals surface area contributed by atoms with Gasteiger partial charge in [-0.2, -0.15) is 0 Å². The van der Waals surface area contributed by atoms with E-state index in [9.17, 15) is 5.11 Å². The summed E-state index contributed by atoms with van der Waals surface area (Å²) in [4.78, 5) is 0. The minimum atomic E-state index is -0.0692. The summed E-state index contributed by atoms with van der Waals surface area (Å²) in [6, 6.07) is 0. The average Bonchev–Trinajstić information content (AvgIpc) is 2.44. The van der Waals surface area contributed by atoms with Gasteiger partial charge >= 0.3 is 0 Å². The second kappa shape index (κ2) is 2.48. The van der Waals surface area contributed by atoms with Crippen LogP contribution < -0.4 is 0 Å². The number of aliphatic hydroxyl groups excluding tert-OH is 1. The van der Waals surface area contributed by atoms with Crippen molar-refractivity contribution >= 4 is 0 Å². The molecule has 0 aromatic carbocycles. The topological polar surface area (TPSA) is 20.2 Å². The Morgan fingerprint density at radius 2 is 1.91 bits per heavy atom. The van der Waals surface area contributed by atoms with Crippen LogP contribution in [0.25, 0.3) is 0 Å². The van der Waals surface area contributed by atoms with Gasteiger partial charge in [0, 0.05) is 0 Å². The smallest absolute Gasteiger partial charge is 0.0545 e. The van der Waals surface area contributed by atoms with Crippen LogP contribution in [0.15, 0.2) is 0 Å². The molecule has 0 saturated heterocycles. The molecule has 0 aromatic rings. The van der Waals surface area contributed by atoms with Crippen LogP contribution in [-0.4, -0.2) is 11.2 Å². The number of hydrogen-bond donors (Lipinski definition) is 1. The maximum Gasteiger partial charge on any atom is 0.0545 e. The molecule has 0 heterocycles. The molecule has 2 rings (SSSR count). The van der Waals surface area contributed by atoms with Crippen molar-refractivity contribution in [1.82, 2.24) is 0 Å². The largest absolute Gasteiger partial charge is 0.393 e. The van der Waals surface area contributed by atoms with Crippen LogP contribution in [-0.2, 0) is 0 Å². The van der Waals surface area contributed by atoms with Crippen molar-refractivity contribution in [2.24, 2.45) is 23.7 Å². The van der Waals surface area contributed by atoms with Crippen molar-refractivity contribution in [2.75, 3.05) is 0 Å². The molecule has 1 N–H and O–H groups in total. The van der Waals surface area contributed by atoms with E-state index in [0.29, 0.717) is 5.92 Å². The van der Waals surface area contributed by atoms with Crippen molar-refractivity contribution in [2.45, 2.75) is 39.2 Å². The van der Waals surface area contributed by atoms with E-state index in [0.717, 1.165) is 17.8 Å². The van der Waals surface area contributed by atoms with Gasteiger partial charge in [0.05, 0.1) is 6.10 Å². The van der Waals surface area contributed by atoms with E-state index < -0.39 is 0 Å². The normalized spacial score (nSPS) is 51.5. The molecule has 2 aliphatic rings. The third-order valence-electron chi connectivity index (χ3n) is 3.97. The minimum Gasteiger partial charge on any atom is -0.393 e. The minimum absolute atomic E-state index is 0.0692. The zero-order valence-corrected chi connectivity index (χ0v) is 7.46. The summed E-state index contributed by atoms with van der Waals surface area (Å²) in [5.74, 6) is 3.21. The predicted molar refractivity (Wildman–Crippen MR) is 45.2 cm³/mol. The summed E-state index contributed by atoms with van der Waals surface area (Å²) in [6.45, 7) is 4.28. The maximum atomic E-state index is 9.54. The van der Waals surface area contributed by atoms with E-state index in [4.69, 9.17) is 0 Å². The Labute approximate surface area is 68.8 Å². The first-order chi connectivity index (χ1) is 5.20. The maximum absolute atomic E-state index is 9.54. The van der Waals surface area contributed by atoms with Crippen molar-refractivity contribution in [1.29, 1.82) is 0 Å². The van der Waals surface area contributed by atoms with Crippen molar-refractivity contribution in [3.8, 4) is 0 Å². The van der Waals surface area contributed by atoms with Gasteiger partial charge in [-0.15, -0.1) is 0 Å². The van der Waals surface area contributed by atoms with Crippen LogP contribution in [0.1, 0.15) is 33.1 Å². The van der Waals surface area contributed by atoms with Gasteiger partial charge in [-0.25, -0.2) is 0 Å². The molecule has 0 aromatic heterocycles. The second-order valence-electron chi connectivity index (χ2n) is 4.51. The van der Waals surface area contributed by atoms with Gasteiger partial charge in [0.2, 0.25) is 0 Å². The first kappa shape index (κ1) is 7.60. The zero-order chi connectivity index (χ0) is 8.01. The van der Waals surface area contributed by atoms with E-state index in [2.05, 4.69) is 6.92 Å². The lowest BCUT2D eigenvalue weighted by Crippen LogP contribution is -2.29. The molecule has 2 fully saturated rings. The Morgan fingerprint density at radius 1 is 1.27 bits per heavy atom. The third-order valence-corrected chi connectivity index (χ3v) is 3.97. The standard InChI is InChI=1S/C10H18O/c1-6-8-3-4-9(5-8)10(6)7(2)11/h6-11H,3-5H2,1-2H3/t6-,7?,8+,9-,10+/m1/s1. The van der Waals surface area contributed by atoms with E-state index >= 15 is 0 Å². The summed E-state index contributed by atoms with van der Waals surface area (Å²) < 4.78 is 0. The van der Waals surface area contributed by atoms with Crippen LogP contribution in [0.4, 0.5) is 0 Å². The van der Waals surface area contributed by atoms with Gasteiger partial charge < -0.3 is 5.11 Å². The van der Waals surface area contributed by atoms with E-state index in [1.54, 1.807) is 0 Å². The lowest BCUT2D eigenvalue weighted by molar-refractivity contribution is 0.0593. The molecule has 11 heavy (non-hydrogen) atoms. The van der Waals surface area contributed by atoms with Gasteiger partial charge in [-0.1, -0.05) is 6.92 Å². The highest BCUT2D eigenvalue weighted by Gasteiger charge is 2.46. The van der Waals surface area contributed by atoms with Gasteiger partial charge in [-0.05, 0) is 49.9 Å². The molecule has 0 aliphatic heterocycles. The number of hydrogen-bond acceptors (Lipinski definition) is 1. The molecule has 0 amide bonds. The summed E-state index contributed by atoms with van der Waals surface area (Å²) in [5, 5.41) is 9.54. The van der Waals surface area contributed by atoms with Crippen molar-refractivity contribution < 1.29 is 5.11 Å². The molecule has 1 unspecified atom stereocenters. The quantitative estimate of drug-likeness (QED) is 0.613. The highest BCUT2D eigenvalue weighted by atomic mass is 16.3. The lowest BCUT2D eigenvalue weighted by Gasteiger charge is -2.30. The molecular weight excluding hydrogens is 136 g/mol. The number of fused-ring (bicyclic) bond motifs is 2. The third kappa shape index (κ3) is 1.01. The first-order valence-electron chi connectivity index (χ1n) is 4.88. The van der Waals surface area contributed by atoms with Crippen LogP contribution >= 0.6 is 0 Å². The second-order valence-corrected chi connectivity index (χ2v) is 4.51. The highest BCUT2D eigenvalue weighted by molar-refractivity contribution is 4.96. The Morgan fingerprint density at radius 3 is 2.27 bits per heavy atom. The van der Waals surface area contributed by atoms with E-state index in [-0.39, 0.29) is 6.10 Å². The van der Waals surface area contributed by atoms with Gasteiger partial charge in [0.25, 0.3) is 0 Å². The summed E-state index contributed by atoms with van der Waals surface area (Å²) >= 11 is 0. The summed E-state index contributed by atoms with van der Waals surface area (Å²) in [7, 11) is 0. The molecule has 2 saturated carbocycles. The highest BCUT2D eigenvalue weighted by Crippen LogP contribution is 2.53.